The molecule has 1 radical (unpaired) electrons. The largest absolute Gasteiger partial charge is 0.368 e. The number of rotatable bonds is 4. The predicted octanol–water partition coefficient (Wildman–Crippen LogP) is 2.26. The summed E-state index contributed by atoms with van der Waals surface area (Å²) in [5.41, 5.74) is 8.39. The summed E-state index contributed by atoms with van der Waals surface area (Å²) < 4.78 is 0. The number of carbonyl (C=O) groups is 2. The maximum absolute atomic E-state index is 12.6. The zero-order chi connectivity index (χ0) is 17.4. The fourth-order valence-electron chi connectivity index (χ4n) is 3.31. The van der Waals surface area contributed by atoms with Gasteiger partial charge in [-0.3, -0.25) is 14.6 Å². The first kappa shape index (κ1) is 15.3. The summed E-state index contributed by atoms with van der Waals surface area (Å²) in [6.45, 7) is 0.375. The number of hydrogen-bond donors (Lipinski definition) is 1. The Labute approximate surface area is 145 Å². The second kappa shape index (κ2) is 6.02. The minimum absolute atomic E-state index is 0.208. The Balaban J connectivity index is 1.59. The number of carbonyl (C=O) groups excluding carboxylic acids is 2. The van der Waals surface area contributed by atoms with Gasteiger partial charge in [0, 0.05) is 24.0 Å². The second-order valence-corrected chi connectivity index (χ2v) is 6.05. The van der Waals surface area contributed by atoms with Gasteiger partial charge in [-0.05, 0) is 23.8 Å². The molecule has 1 aromatic heterocycles. The fraction of sp³-hybridized carbons (Fsp3) is 0.150. The smallest absolute Gasteiger partial charge is 0.255 e. The van der Waals surface area contributed by atoms with Crippen molar-refractivity contribution in [2.45, 2.75) is 12.5 Å². The Kier molecular flexibility index (Phi) is 3.69. The third-order valence-electron chi connectivity index (χ3n) is 4.50. The van der Waals surface area contributed by atoms with Gasteiger partial charge in [0.1, 0.15) is 6.04 Å². The molecule has 5 nitrogen and oxygen atoms in total. The summed E-state index contributed by atoms with van der Waals surface area (Å²) in [7, 11) is 0. The highest BCUT2D eigenvalue weighted by molar-refractivity contribution is 6.04. The Morgan fingerprint density at radius 1 is 1.16 bits per heavy atom. The van der Waals surface area contributed by atoms with Crippen molar-refractivity contribution in [3.63, 3.8) is 0 Å². The highest BCUT2D eigenvalue weighted by Crippen LogP contribution is 2.33. The molecule has 0 fully saturated rings. The number of para-hydroxylation sites is 1. The molecule has 1 atom stereocenters. The van der Waals surface area contributed by atoms with Gasteiger partial charge in [0.2, 0.25) is 5.91 Å². The van der Waals surface area contributed by atoms with Gasteiger partial charge in [-0.25, -0.2) is 0 Å². The highest BCUT2D eigenvalue weighted by Gasteiger charge is 2.39. The highest BCUT2D eigenvalue weighted by atomic mass is 16.2. The summed E-state index contributed by atoms with van der Waals surface area (Å²) in [4.78, 5) is 30.6. The van der Waals surface area contributed by atoms with Gasteiger partial charge in [-0.2, -0.15) is 0 Å². The van der Waals surface area contributed by atoms with E-state index in [0.29, 0.717) is 24.1 Å². The average Bonchev–Trinajstić information content (AvgIpc) is 2.92. The molecule has 25 heavy (non-hydrogen) atoms. The standard InChI is InChI=1S/C20H16N3O2/c21-19(24)18-15-6-2-3-7-16(15)20(25)23(18)12-11-14-10-9-13-5-1-4-8-17(13)22-14/h1-6,8-10,18H,11-12H2,(H2,21,24). The number of nitrogens with two attached hydrogens (primary N) is 1. The van der Waals surface area contributed by atoms with E-state index in [4.69, 9.17) is 5.73 Å². The SMILES string of the molecule is NC(=O)C1c2ccc[c]c2C(=O)N1CCc1ccc2ccccc2n1. The van der Waals surface area contributed by atoms with Crippen molar-refractivity contribution in [2.75, 3.05) is 6.54 Å². The van der Waals surface area contributed by atoms with Crippen molar-refractivity contribution >= 4 is 22.7 Å². The average molecular weight is 330 g/mol. The Morgan fingerprint density at radius 2 is 2.00 bits per heavy atom. The minimum atomic E-state index is -0.736. The van der Waals surface area contributed by atoms with E-state index in [9.17, 15) is 9.59 Å². The maximum Gasteiger partial charge on any atom is 0.255 e. The molecule has 0 spiro atoms. The third kappa shape index (κ3) is 2.63. The van der Waals surface area contributed by atoms with Crippen molar-refractivity contribution in [1.29, 1.82) is 0 Å². The lowest BCUT2D eigenvalue weighted by Gasteiger charge is -2.22. The zero-order valence-electron chi connectivity index (χ0n) is 13.5. The normalized spacial score (nSPS) is 16.2. The maximum atomic E-state index is 12.6. The van der Waals surface area contributed by atoms with Crippen molar-refractivity contribution in [3.05, 3.63) is 77.5 Å². The monoisotopic (exact) mass is 330 g/mol. The number of aromatic nitrogens is 1. The van der Waals surface area contributed by atoms with Crippen LogP contribution in [0.5, 0.6) is 0 Å². The predicted molar refractivity (Wildman–Crippen MR) is 93.7 cm³/mol. The fourth-order valence-corrected chi connectivity index (χ4v) is 3.31. The van der Waals surface area contributed by atoms with Crippen LogP contribution in [-0.2, 0) is 11.2 Å². The number of nitrogens with zero attached hydrogens (tertiary/aromatic N) is 2. The Hall–Kier alpha value is -3.21. The summed E-state index contributed by atoms with van der Waals surface area (Å²) in [5, 5.41) is 1.07. The lowest BCUT2D eigenvalue weighted by Crippen LogP contribution is -2.37. The molecule has 2 aromatic carbocycles. The summed E-state index contributed by atoms with van der Waals surface area (Å²) >= 11 is 0. The molecule has 0 saturated heterocycles. The molecular weight excluding hydrogens is 314 g/mol. The van der Waals surface area contributed by atoms with Gasteiger partial charge in [0.15, 0.2) is 0 Å². The molecule has 123 valence electrons. The molecule has 1 aliphatic heterocycles. The first-order chi connectivity index (χ1) is 12.1. The van der Waals surface area contributed by atoms with Gasteiger partial charge in [0.05, 0.1) is 11.1 Å². The first-order valence-corrected chi connectivity index (χ1v) is 8.11. The van der Waals surface area contributed by atoms with Crippen LogP contribution in [0.2, 0.25) is 0 Å². The zero-order valence-corrected chi connectivity index (χ0v) is 13.5. The topological polar surface area (TPSA) is 76.3 Å². The lowest BCUT2D eigenvalue weighted by molar-refractivity contribution is -0.122. The van der Waals surface area contributed by atoms with E-state index in [2.05, 4.69) is 11.1 Å². The van der Waals surface area contributed by atoms with E-state index in [1.807, 2.05) is 36.4 Å². The van der Waals surface area contributed by atoms with E-state index in [-0.39, 0.29) is 5.91 Å². The van der Waals surface area contributed by atoms with E-state index < -0.39 is 11.9 Å². The van der Waals surface area contributed by atoms with E-state index in [1.54, 1.807) is 18.2 Å². The number of pyridine rings is 1. The quantitative estimate of drug-likeness (QED) is 0.797. The first-order valence-electron chi connectivity index (χ1n) is 8.11. The molecule has 5 heteroatoms. The van der Waals surface area contributed by atoms with Crippen molar-refractivity contribution in [3.8, 4) is 0 Å². The van der Waals surface area contributed by atoms with Crippen molar-refractivity contribution in [2.24, 2.45) is 5.73 Å². The number of primary amides is 1. The molecule has 2 N–H and O–H groups in total. The Bertz CT molecular complexity index is 983. The van der Waals surface area contributed by atoms with Crippen LogP contribution < -0.4 is 5.73 Å². The molecule has 1 unspecified atom stereocenters. The van der Waals surface area contributed by atoms with E-state index in [0.717, 1.165) is 16.6 Å². The second-order valence-electron chi connectivity index (χ2n) is 6.05. The van der Waals surface area contributed by atoms with Crippen LogP contribution in [-0.4, -0.2) is 28.2 Å². The molecule has 1 aliphatic rings. The minimum Gasteiger partial charge on any atom is -0.368 e. The van der Waals surface area contributed by atoms with Crippen LogP contribution in [0.25, 0.3) is 10.9 Å². The molecule has 4 rings (SSSR count). The summed E-state index contributed by atoms with van der Waals surface area (Å²) in [6.07, 6.45) is 0.550. The number of fused-ring (bicyclic) bond motifs is 2. The van der Waals surface area contributed by atoms with Gasteiger partial charge in [-0.1, -0.05) is 42.5 Å². The molecule has 0 saturated carbocycles. The number of hydrogen-bond acceptors (Lipinski definition) is 3. The van der Waals surface area contributed by atoms with Crippen LogP contribution >= 0.6 is 0 Å². The van der Waals surface area contributed by atoms with Crippen molar-refractivity contribution in [1.82, 2.24) is 9.88 Å². The van der Waals surface area contributed by atoms with Crippen LogP contribution in [0, 0.1) is 6.07 Å². The molecule has 0 bridgehead atoms. The molecule has 0 aliphatic carbocycles. The van der Waals surface area contributed by atoms with E-state index >= 15 is 0 Å². The van der Waals surface area contributed by atoms with Crippen LogP contribution in [0.4, 0.5) is 0 Å². The molecule has 2 heterocycles. The van der Waals surface area contributed by atoms with Crippen molar-refractivity contribution < 1.29 is 9.59 Å². The molecule has 2 amide bonds. The number of benzene rings is 2. The van der Waals surface area contributed by atoms with Crippen LogP contribution in [0.3, 0.4) is 0 Å². The Morgan fingerprint density at radius 3 is 2.84 bits per heavy atom. The van der Waals surface area contributed by atoms with Gasteiger partial charge in [-0.15, -0.1) is 0 Å². The molecule has 3 aromatic rings. The molecular formula is C20H16N3O2. The van der Waals surface area contributed by atoms with Crippen LogP contribution in [0.1, 0.15) is 27.7 Å². The lowest BCUT2D eigenvalue weighted by atomic mass is 10.0. The third-order valence-corrected chi connectivity index (χ3v) is 4.50. The van der Waals surface area contributed by atoms with E-state index in [1.165, 1.54) is 4.90 Å². The van der Waals surface area contributed by atoms with Gasteiger partial charge in [0.25, 0.3) is 5.91 Å². The van der Waals surface area contributed by atoms with Gasteiger partial charge >= 0.3 is 0 Å². The number of amides is 2. The summed E-state index contributed by atoms with van der Waals surface area (Å²) in [6, 6.07) is 19.2. The van der Waals surface area contributed by atoms with Crippen LogP contribution in [0.15, 0.2) is 54.6 Å². The van der Waals surface area contributed by atoms with Gasteiger partial charge < -0.3 is 10.6 Å². The summed E-state index contributed by atoms with van der Waals surface area (Å²) in [5.74, 6) is -0.738.